The molecule has 0 heterocycles. The van der Waals surface area contributed by atoms with Gasteiger partial charge in [0.05, 0.1) is 12.2 Å². The highest BCUT2D eigenvalue weighted by Crippen LogP contribution is 2.26. The second kappa shape index (κ2) is 6.61. The first-order valence-corrected chi connectivity index (χ1v) is 6.34. The third kappa shape index (κ3) is 4.02. The lowest BCUT2D eigenvalue weighted by Crippen LogP contribution is -2.35. The molecule has 0 unspecified atom stereocenters. The van der Waals surface area contributed by atoms with Crippen LogP contribution >= 0.6 is 15.9 Å². The van der Waals surface area contributed by atoms with Crippen molar-refractivity contribution in [2.45, 2.75) is 13.5 Å². The summed E-state index contributed by atoms with van der Waals surface area (Å²) in [6.07, 6.45) is 0. The molecule has 4 nitrogen and oxygen atoms in total. The quantitative estimate of drug-likeness (QED) is 0.866. The van der Waals surface area contributed by atoms with Gasteiger partial charge < -0.3 is 16.0 Å². The van der Waals surface area contributed by atoms with E-state index in [-0.39, 0.29) is 5.91 Å². The molecule has 0 aliphatic rings. The van der Waals surface area contributed by atoms with Gasteiger partial charge in [0.1, 0.15) is 0 Å². The average molecular weight is 300 g/mol. The predicted molar refractivity (Wildman–Crippen MR) is 74.0 cm³/mol. The molecule has 0 aliphatic heterocycles. The predicted octanol–water partition coefficient (Wildman–Crippen LogP) is 1.48. The molecular formula is C12H18BrN3O. The van der Waals surface area contributed by atoms with Crippen LogP contribution in [0.4, 0.5) is 5.69 Å². The number of hydrogen-bond acceptors (Lipinski definition) is 3. The zero-order chi connectivity index (χ0) is 12.8. The summed E-state index contributed by atoms with van der Waals surface area (Å²) in [6, 6.07) is 5.91. The van der Waals surface area contributed by atoms with E-state index in [4.69, 9.17) is 5.73 Å². The van der Waals surface area contributed by atoms with E-state index in [0.717, 1.165) is 15.7 Å². The second-order valence-corrected chi connectivity index (χ2v) is 4.65. The maximum absolute atomic E-state index is 11.5. The molecule has 1 amide bonds. The zero-order valence-corrected chi connectivity index (χ0v) is 11.8. The summed E-state index contributed by atoms with van der Waals surface area (Å²) in [5.41, 5.74) is 7.61. The lowest BCUT2D eigenvalue weighted by Gasteiger charge is -2.20. The van der Waals surface area contributed by atoms with Gasteiger partial charge in [-0.25, -0.2) is 0 Å². The molecule has 17 heavy (non-hydrogen) atoms. The Bertz CT molecular complexity index is 395. The van der Waals surface area contributed by atoms with Gasteiger partial charge in [0.15, 0.2) is 0 Å². The normalized spacial score (nSPS) is 10.1. The topological polar surface area (TPSA) is 58.4 Å². The summed E-state index contributed by atoms with van der Waals surface area (Å²) < 4.78 is 0.951. The lowest BCUT2D eigenvalue weighted by molar-refractivity contribution is -0.119. The van der Waals surface area contributed by atoms with Crippen molar-refractivity contribution in [2.24, 2.45) is 5.73 Å². The number of nitrogens with two attached hydrogens (primary N) is 1. The van der Waals surface area contributed by atoms with Crippen molar-refractivity contribution in [1.82, 2.24) is 5.32 Å². The number of nitrogens with zero attached hydrogens (tertiary/aromatic N) is 1. The van der Waals surface area contributed by atoms with Crippen LogP contribution in [0.25, 0.3) is 0 Å². The van der Waals surface area contributed by atoms with Gasteiger partial charge in [-0.3, -0.25) is 4.79 Å². The van der Waals surface area contributed by atoms with E-state index < -0.39 is 0 Å². The standard InChI is InChI=1S/C12H18BrN3O/c1-3-15-12(17)8-16(2)11-5-4-9(7-14)6-10(11)13/h4-6H,3,7-8,14H2,1-2H3,(H,15,17). The van der Waals surface area contributed by atoms with E-state index in [1.165, 1.54) is 0 Å². The monoisotopic (exact) mass is 299 g/mol. The summed E-state index contributed by atoms with van der Waals surface area (Å²) >= 11 is 3.49. The number of amides is 1. The maximum atomic E-state index is 11.5. The van der Waals surface area contributed by atoms with Crippen LogP contribution < -0.4 is 16.0 Å². The van der Waals surface area contributed by atoms with Crippen molar-refractivity contribution in [3.05, 3.63) is 28.2 Å². The van der Waals surface area contributed by atoms with Crippen LogP contribution in [0.3, 0.4) is 0 Å². The molecule has 3 N–H and O–H groups in total. The Morgan fingerprint density at radius 2 is 2.24 bits per heavy atom. The molecule has 0 saturated carbocycles. The Labute approximate surface area is 110 Å². The van der Waals surface area contributed by atoms with Crippen LogP contribution in [0.2, 0.25) is 0 Å². The van der Waals surface area contributed by atoms with Crippen molar-refractivity contribution in [3.63, 3.8) is 0 Å². The van der Waals surface area contributed by atoms with Gasteiger partial charge >= 0.3 is 0 Å². The first-order chi connectivity index (χ1) is 8.08. The molecular weight excluding hydrogens is 282 g/mol. The number of rotatable bonds is 5. The van der Waals surface area contributed by atoms with Crippen LogP contribution in [0.1, 0.15) is 12.5 Å². The minimum absolute atomic E-state index is 0.0183. The highest BCUT2D eigenvalue weighted by Gasteiger charge is 2.09. The van der Waals surface area contributed by atoms with Gasteiger partial charge in [0.2, 0.25) is 5.91 Å². The fourth-order valence-corrected chi connectivity index (χ4v) is 2.27. The Morgan fingerprint density at radius 3 is 2.76 bits per heavy atom. The van der Waals surface area contributed by atoms with Gasteiger partial charge in [0.25, 0.3) is 0 Å². The first kappa shape index (κ1) is 14.0. The van der Waals surface area contributed by atoms with Gasteiger partial charge in [0, 0.05) is 24.6 Å². The Kier molecular flexibility index (Phi) is 5.44. The van der Waals surface area contributed by atoms with Crippen LogP contribution in [-0.4, -0.2) is 26.0 Å². The molecule has 5 heteroatoms. The molecule has 0 fully saturated rings. The number of hydrogen-bond donors (Lipinski definition) is 2. The first-order valence-electron chi connectivity index (χ1n) is 5.54. The fourth-order valence-electron chi connectivity index (χ4n) is 1.54. The summed E-state index contributed by atoms with van der Waals surface area (Å²) in [4.78, 5) is 13.4. The SMILES string of the molecule is CCNC(=O)CN(C)c1ccc(CN)cc1Br. The van der Waals surface area contributed by atoms with Gasteiger partial charge in [-0.05, 0) is 40.5 Å². The van der Waals surface area contributed by atoms with Crippen molar-refractivity contribution >= 4 is 27.5 Å². The van der Waals surface area contributed by atoms with Gasteiger partial charge in [-0.15, -0.1) is 0 Å². The fraction of sp³-hybridized carbons (Fsp3) is 0.417. The molecule has 94 valence electrons. The molecule has 1 rings (SSSR count). The molecule has 0 saturated heterocycles. The van der Waals surface area contributed by atoms with E-state index >= 15 is 0 Å². The van der Waals surface area contributed by atoms with E-state index in [9.17, 15) is 4.79 Å². The maximum Gasteiger partial charge on any atom is 0.239 e. The Morgan fingerprint density at radius 1 is 1.53 bits per heavy atom. The highest BCUT2D eigenvalue weighted by molar-refractivity contribution is 9.10. The number of carbonyl (C=O) groups is 1. The van der Waals surface area contributed by atoms with Crippen molar-refractivity contribution in [1.29, 1.82) is 0 Å². The molecule has 0 aromatic heterocycles. The van der Waals surface area contributed by atoms with Gasteiger partial charge in [-0.2, -0.15) is 0 Å². The number of carbonyl (C=O) groups excluding carboxylic acids is 1. The number of halogens is 1. The smallest absolute Gasteiger partial charge is 0.239 e. The Balaban J connectivity index is 2.75. The van der Waals surface area contributed by atoms with Gasteiger partial charge in [-0.1, -0.05) is 6.07 Å². The molecule has 0 aliphatic carbocycles. The largest absolute Gasteiger partial charge is 0.364 e. The van der Waals surface area contributed by atoms with Crippen molar-refractivity contribution in [2.75, 3.05) is 25.0 Å². The van der Waals surface area contributed by atoms with E-state index in [0.29, 0.717) is 19.6 Å². The van der Waals surface area contributed by atoms with E-state index in [1.54, 1.807) is 0 Å². The average Bonchev–Trinajstić information content (AvgIpc) is 2.28. The van der Waals surface area contributed by atoms with Crippen LogP contribution in [0.15, 0.2) is 22.7 Å². The third-order valence-corrected chi connectivity index (χ3v) is 3.05. The number of nitrogens with one attached hydrogen (secondary N) is 1. The highest BCUT2D eigenvalue weighted by atomic mass is 79.9. The second-order valence-electron chi connectivity index (χ2n) is 3.80. The number of likely N-dealkylation sites (N-methyl/N-ethyl adjacent to an activating group) is 2. The lowest BCUT2D eigenvalue weighted by atomic mass is 10.2. The molecule has 1 aromatic carbocycles. The Hall–Kier alpha value is -1.07. The minimum Gasteiger partial charge on any atom is -0.364 e. The summed E-state index contributed by atoms with van der Waals surface area (Å²) in [6.45, 7) is 3.41. The molecule has 0 spiro atoms. The van der Waals surface area contributed by atoms with E-state index in [2.05, 4.69) is 21.2 Å². The number of anilines is 1. The summed E-state index contributed by atoms with van der Waals surface area (Å²) in [5, 5.41) is 2.77. The van der Waals surface area contributed by atoms with Crippen LogP contribution in [0.5, 0.6) is 0 Å². The van der Waals surface area contributed by atoms with E-state index in [1.807, 2.05) is 37.1 Å². The molecule has 0 radical (unpaired) electrons. The van der Waals surface area contributed by atoms with Crippen molar-refractivity contribution in [3.8, 4) is 0 Å². The molecule has 0 atom stereocenters. The minimum atomic E-state index is 0.0183. The van der Waals surface area contributed by atoms with Crippen LogP contribution in [0, 0.1) is 0 Å². The molecule has 1 aromatic rings. The third-order valence-electron chi connectivity index (χ3n) is 2.41. The summed E-state index contributed by atoms with van der Waals surface area (Å²) in [7, 11) is 1.89. The summed E-state index contributed by atoms with van der Waals surface area (Å²) in [5.74, 6) is 0.0183. The zero-order valence-electron chi connectivity index (χ0n) is 10.2. The number of benzene rings is 1. The van der Waals surface area contributed by atoms with Crippen molar-refractivity contribution < 1.29 is 4.79 Å². The molecule has 0 bridgehead atoms. The van der Waals surface area contributed by atoms with Crippen LogP contribution in [-0.2, 0) is 11.3 Å².